The molecule has 0 N–H and O–H groups in total. The Bertz CT molecular complexity index is 196. The molecule has 2 unspecified atom stereocenters. The highest BCUT2D eigenvalue weighted by atomic mass is 31.1. The van der Waals surface area contributed by atoms with Crippen molar-refractivity contribution in [3.63, 3.8) is 0 Å². The monoisotopic (exact) mass is 183 g/mol. The average molecular weight is 183 g/mol. The molecule has 0 saturated carbocycles. The van der Waals surface area contributed by atoms with Crippen LogP contribution >= 0.6 is 8.58 Å². The first kappa shape index (κ1) is 9.95. The third-order valence-corrected chi connectivity index (χ3v) is 3.61. The van der Waals surface area contributed by atoms with Crippen LogP contribution in [0.3, 0.4) is 0 Å². The summed E-state index contributed by atoms with van der Waals surface area (Å²) in [4.78, 5) is 2.38. The Balaban J connectivity index is 2.61. The Hall–Kier alpha value is -0.130. The predicted octanol–water partition coefficient (Wildman–Crippen LogP) is 2.46. The Labute approximate surface area is 77.3 Å². The second-order valence-corrected chi connectivity index (χ2v) is 5.13. The van der Waals surface area contributed by atoms with Crippen LogP contribution in [-0.2, 0) is 0 Å². The SMILES string of the molecule is CC1=C/CN(C)CPC(C)/C=C\1. The van der Waals surface area contributed by atoms with E-state index in [4.69, 9.17) is 0 Å². The molecular formula is C10H18NP. The first-order chi connectivity index (χ1) is 5.68. The molecule has 0 bridgehead atoms. The topological polar surface area (TPSA) is 3.24 Å². The number of nitrogens with zero attached hydrogens (tertiary/aromatic N) is 1. The molecule has 1 aliphatic heterocycles. The van der Waals surface area contributed by atoms with Crippen LogP contribution in [0.15, 0.2) is 23.8 Å². The van der Waals surface area contributed by atoms with Crippen molar-refractivity contribution in [1.82, 2.24) is 4.90 Å². The molecular weight excluding hydrogens is 165 g/mol. The van der Waals surface area contributed by atoms with Crippen molar-refractivity contribution in [2.75, 3.05) is 19.9 Å². The third kappa shape index (κ3) is 3.51. The molecule has 0 aliphatic carbocycles. The maximum Gasteiger partial charge on any atom is 0.0169 e. The minimum atomic E-state index is 0.744. The van der Waals surface area contributed by atoms with Crippen molar-refractivity contribution in [1.29, 1.82) is 0 Å². The summed E-state index contributed by atoms with van der Waals surface area (Å²) >= 11 is 0. The summed E-state index contributed by atoms with van der Waals surface area (Å²) in [6.07, 6.45) is 8.09. The zero-order valence-electron chi connectivity index (χ0n) is 8.17. The van der Waals surface area contributed by atoms with Crippen LogP contribution in [0.1, 0.15) is 13.8 Å². The first-order valence-corrected chi connectivity index (χ1v) is 5.74. The molecule has 2 atom stereocenters. The molecule has 1 nitrogen and oxygen atoms in total. The van der Waals surface area contributed by atoms with E-state index in [0.29, 0.717) is 0 Å². The molecule has 1 aliphatic rings. The van der Waals surface area contributed by atoms with Gasteiger partial charge in [-0.15, -0.1) is 8.58 Å². The minimum absolute atomic E-state index is 0.744. The van der Waals surface area contributed by atoms with E-state index in [-0.39, 0.29) is 0 Å². The van der Waals surface area contributed by atoms with E-state index in [1.165, 1.54) is 11.9 Å². The quantitative estimate of drug-likeness (QED) is 0.521. The van der Waals surface area contributed by atoms with Crippen molar-refractivity contribution >= 4 is 8.58 Å². The molecule has 1 heterocycles. The molecule has 0 radical (unpaired) electrons. The van der Waals surface area contributed by atoms with E-state index < -0.39 is 0 Å². The summed E-state index contributed by atoms with van der Waals surface area (Å²) < 4.78 is 0. The van der Waals surface area contributed by atoms with Gasteiger partial charge in [0.1, 0.15) is 0 Å². The molecule has 0 fully saturated rings. The van der Waals surface area contributed by atoms with Gasteiger partial charge in [-0.2, -0.15) is 0 Å². The summed E-state index contributed by atoms with van der Waals surface area (Å²) in [7, 11) is 3.22. The van der Waals surface area contributed by atoms with Gasteiger partial charge in [-0.3, -0.25) is 4.90 Å². The van der Waals surface area contributed by atoms with Crippen molar-refractivity contribution in [2.45, 2.75) is 19.5 Å². The largest absolute Gasteiger partial charge is 0.299 e. The summed E-state index contributed by atoms with van der Waals surface area (Å²) in [5.74, 6) is 0. The second-order valence-electron chi connectivity index (χ2n) is 3.50. The lowest BCUT2D eigenvalue weighted by Gasteiger charge is -2.15. The molecule has 0 aromatic heterocycles. The second kappa shape index (κ2) is 4.79. The van der Waals surface area contributed by atoms with Gasteiger partial charge in [0.05, 0.1) is 0 Å². The van der Waals surface area contributed by atoms with Gasteiger partial charge in [-0.05, 0) is 19.6 Å². The predicted molar refractivity (Wildman–Crippen MR) is 58.2 cm³/mol. The lowest BCUT2D eigenvalue weighted by atomic mass is 10.2. The maximum absolute atomic E-state index is 2.38. The number of hydrogen-bond acceptors (Lipinski definition) is 1. The van der Waals surface area contributed by atoms with Crippen LogP contribution < -0.4 is 0 Å². The molecule has 0 spiro atoms. The van der Waals surface area contributed by atoms with Crippen LogP contribution in [0.5, 0.6) is 0 Å². The number of allylic oxidation sites excluding steroid dienone is 3. The van der Waals surface area contributed by atoms with E-state index in [2.05, 4.69) is 44.0 Å². The molecule has 0 amide bonds. The van der Waals surface area contributed by atoms with Crippen LogP contribution in [0.4, 0.5) is 0 Å². The Morgan fingerprint density at radius 3 is 3.08 bits per heavy atom. The Morgan fingerprint density at radius 1 is 1.58 bits per heavy atom. The van der Waals surface area contributed by atoms with Crippen LogP contribution in [0.2, 0.25) is 0 Å². The number of rotatable bonds is 0. The Morgan fingerprint density at radius 2 is 2.33 bits per heavy atom. The fourth-order valence-corrected chi connectivity index (χ4v) is 2.06. The highest BCUT2D eigenvalue weighted by molar-refractivity contribution is 7.39. The highest BCUT2D eigenvalue weighted by Crippen LogP contribution is 2.21. The van der Waals surface area contributed by atoms with Crippen LogP contribution in [0, 0.1) is 0 Å². The van der Waals surface area contributed by atoms with Gasteiger partial charge < -0.3 is 0 Å². The van der Waals surface area contributed by atoms with Crippen molar-refractivity contribution in [3.8, 4) is 0 Å². The molecule has 1 rings (SSSR count). The summed E-state index contributed by atoms with van der Waals surface area (Å²) in [5, 5.41) is 0. The van der Waals surface area contributed by atoms with Crippen LogP contribution in [-0.4, -0.2) is 30.4 Å². The minimum Gasteiger partial charge on any atom is -0.299 e. The van der Waals surface area contributed by atoms with E-state index >= 15 is 0 Å². The van der Waals surface area contributed by atoms with E-state index in [0.717, 1.165) is 20.8 Å². The summed E-state index contributed by atoms with van der Waals surface area (Å²) in [6, 6.07) is 0. The van der Waals surface area contributed by atoms with Gasteiger partial charge in [0, 0.05) is 12.8 Å². The molecule has 68 valence electrons. The van der Waals surface area contributed by atoms with Gasteiger partial charge in [0.25, 0.3) is 0 Å². The zero-order chi connectivity index (χ0) is 8.97. The molecule has 0 aromatic carbocycles. The third-order valence-electron chi connectivity index (χ3n) is 2.06. The fraction of sp³-hybridized carbons (Fsp3) is 0.600. The lowest BCUT2D eigenvalue weighted by Crippen LogP contribution is -2.17. The molecule has 2 heteroatoms. The molecule has 12 heavy (non-hydrogen) atoms. The van der Waals surface area contributed by atoms with Crippen molar-refractivity contribution in [2.24, 2.45) is 0 Å². The summed E-state index contributed by atoms with van der Waals surface area (Å²) in [6.45, 7) is 5.56. The van der Waals surface area contributed by atoms with Gasteiger partial charge in [-0.1, -0.05) is 30.7 Å². The first-order valence-electron chi connectivity index (χ1n) is 4.45. The smallest absolute Gasteiger partial charge is 0.0169 e. The summed E-state index contributed by atoms with van der Waals surface area (Å²) in [5.41, 5.74) is 2.13. The average Bonchev–Trinajstić information content (AvgIpc) is 2.11. The van der Waals surface area contributed by atoms with Gasteiger partial charge >= 0.3 is 0 Å². The number of hydrogen-bond donors (Lipinski definition) is 0. The number of likely N-dealkylation sites (N-methyl/N-ethyl adjacent to an activating group) is 1. The van der Waals surface area contributed by atoms with Gasteiger partial charge in [0.15, 0.2) is 0 Å². The van der Waals surface area contributed by atoms with E-state index in [1.54, 1.807) is 0 Å². The van der Waals surface area contributed by atoms with E-state index in [9.17, 15) is 0 Å². The van der Waals surface area contributed by atoms with E-state index in [1.807, 2.05) is 0 Å². The lowest BCUT2D eigenvalue weighted by molar-refractivity contribution is 0.435. The zero-order valence-corrected chi connectivity index (χ0v) is 9.17. The maximum atomic E-state index is 2.38. The standard InChI is InChI=1S/C10H18NP/c1-9-4-5-10(2)12-8-11(3)7-6-9/h4-6,10,12H,7-8H2,1-3H3/b5-4-,9-6-. The van der Waals surface area contributed by atoms with Crippen LogP contribution in [0.25, 0.3) is 0 Å². The van der Waals surface area contributed by atoms with Gasteiger partial charge in [0.2, 0.25) is 0 Å². The Kier molecular flexibility index (Phi) is 3.97. The van der Waals surface area contributed by atoms with Crippen molar-refractivity contribution in [3.05, 3.63) is 23.8 Å². The highest BCUT2D eigenvalue weighted by Gasteiger charge is 2.02. The normalized spacial score (nSPS) is 36.2. The van der Waals surface area contributed by atoms with Crippen molar-refractivity contribution < 1.29 is 0 Å². The molecule has 0 aromatic rings. The molecule has 0 saturated heterocycles. The fourth-order valence-electron chi connectivity index (χ4n) is 1.10. The van der Waals surface area contributed by atoms with Gasteiger partial charge in [-0.25, -0.2) is 0 Å².